The quantitative estimate of drug-likeness (QED) is 0.830. The maximum Gasteiger partial charge on any atom is 0.318 e. The number of hydrogen-bond donors (Lipinski definition) is 1. The zero-order chi connectivity index (χ0) is 22.1. The molecule has 0 aliphatic carbocycles. The average Bonchev–Trinajstić information content (AvgIpc) is 3.12. The number of fused-ring (bicyclic) bond motifs is 1. The molecular weight excluding hydrogens is 376 g/mol. The summed E-state index contributed by atoms with van der Waals surface area (Å²) in [6.45, 7) is 13.2. The van der Waals surface area contributed by atoms with E-state index >= 15 is 0 Å². The highest BCUT2D eigenvalue weighted by Gasteiger charge is 2.34. The molecule has 3 amide bonds. The van der Waals surface area contributed by atoms with Crippen molar-refractivity contribution in [2.75, 3.05) is 13.1 Å². The lowest BCUT2D eigenvalue weighted by atomic mass is 9.95. The number of rotatable bonds is 4. The minimum absolute atomic E-state index is 0.0338. The molecule has 3 rings (SSSR count). The fourth-order valence-electron chi connectivity index (χ4n) is 3.99. The standard InChI is InChI=1S/C24H34N4O2/c1-17(2)28(23(30)25-24(4,5)6)16-21(29)27-15-14-26-13-9-12-20(26)22(27)19-11-8-7-10-18(19)3/h7-13,17,22H,14-16H2,1-6H3,(H,25,30). The van der Waals surface area contributed by atoms with Crippen molar-refractivity contribution in [3.8, 4) is 0 Å². The molecule has 1 aliphatic heterocycles. The Balaban J connectivity index is 1.90. The summed E-state index contributed by atoms with van der Waals surface area (Å²) >= 11 is 0. The van der Waals surface area contributed by atoms with E-state index in [1.54, 1.807) is 4.90 Å². The zero-order valence-corrected chi connectivity index (χ0v) is 19.0. The molecule has 162 valence electrons. The van der Waals surface area contributed by atoms with Crippen LogP contribution in [-0.2, 0) is 11.3 Å². The van der Waals surface area contributed by atoms with Crippen LogP contribution in [0.1, 0.15) is 57.5 Å². The molecule has 0 fully saturated rings. The van der Waals surface area contributed by atoms with Gasteiger partial charge in [0.2, 0.25) is 5.91 Å². The van der Waals surface area contributed by atoms with Crippen LogP contribution in [-0.4, -0.2) is 51.0 Å². The summed E-state index contributed by atoms with van der Waals surface area (Å²) in [6.07, 6.45) is 2.07. The first-order chi connectivity index (χ1) is 14.1. The molecule has 1 atom stereocenters. The number of nitrogens with zero attached hydrogens (tertiary/aromatic N) is 3. The van der Waals surface area contributed by atoms with E-state index in [0.29, 0.717) is 6.54 Å². The van der Waals surface area contributed by atoms with Crippen LogP contribution < -0.4 is 5.32 Å². The smallest absolute Gasteiger partial charge is 0.318 e. The second-order valence-electron chi connectivity index (χ2n) is 9.37. The van der Waals surface area contributed by atoms with Crippen molar-refractivity contribution in [2.45, 2.75) is 65.7 Å². The maximum atomic E-state index is 13.5. The summed E-state index contributed by atoms with van der Waals surface area (Å²) in [5, 5.41) is 2.98. The highest BCUT2D eigenvalue weighted by atomic mass is 16.2. The summed E-state index contributed by atoms with van der Waals surface area (Å²) in [6, 6.07) is 11.9. The highest BCUT2D eigenvalue weighted by molar-refractivity contribution is 5.85. The Bertz CT molecular complexity index is 910. The van der Waals surface area contributed by atoms with Gasteiger partial charge in [0, 0.05) is 36.6 Å². The van der Waals surface area contributed by atoms with E-state index in [4.69, 9.17) is 0 Å². The molecule has 1 aromatic heterocycles. The molecular formula is C24H34N4O2. The molecule has 30 heavy (non-hydrogen) atoms. The lowest BCUT2D eigenvalue weighted by molar-refractivity contribution is -0.134. The Hall–Kier alpha value is -2.76. The SMILES string of the molecule is Cc1ccccc1C1c2cccn2CCN1C(=O)CN(C(=O)NC(C)(C)C)C(C)C. The molecule has 6 heteroatoms. The molecule has 0 saturated carbocycles. The molecule has 2 aromatic rings. The first-order valence-corrected chi connectivity index (χ1v) is 10.7. The van der Waals surface area contributed by atoms with Crippen molar-refractivity contribution in [2.24, 2.45) is 0 Å². The van der Waals surface area contributed by atoms with E-state index in [2.05, 4.69) is 41.2 Å². The number of aryl methyl sites for hydroxylation is 1. The van der Waals surface area contributed by atoms with Crippen molar-refractivity contribution in [3.05, 3.63) is 59.4 Å². The summed E-state index contributed by atoms with van der Waals surface area (Å²) in [7, 11) is 0. The molecule has 1 N–H and O–H groups in total. The van der Waals surface area contributed by atoms with Gasteiger partial charge in [-0.2, -0.15) is 0 Å². The van der Waals surface area contributed by atoms with Gasteiger partial charge in [0.15, 0.2) is 0 Å². The molecule has 1 unspecified atom stereocenters. The van der Waals surface area contributed by atoms with Gasteiger partial charge in [-0.1, -0.05) is 24.3 Å². The number of amides is 3. The average molecular weight is 411 g/mol. The number of hydrogen-bond acceptors (Lipinski definition) is 2. The molecule has 6 nitrogen and oxygen atoms in total. The molecule has 0 radical (unpaired) electrons. The summed E-state index contributed by atoms with van der Waals surface area (Å²) in [5.74, 6) is -0.0338. The van der Waals surface area contributed by atoms with Crippen LogP contribution in [0.25, 0.3) is 0 Å². The van der Waals surface area contributed by atoms with Gasteiger partial charge in [-0.3, -0.25) is 4.79 Å². The van der Waals surface area contributed by atoms with Gasteiger partial charge in [0.05, 0.1) is 6.04 Å². The predicted octanol–water partition coefficient (Wildman–Crippen LogP) is 3.95. The van der Waals surface area contributed by atoms with E-state index in [9.17, 15) is 9.59 Å². The third-order valence-corrected chi connectivity index (χ3v) is 5.51. The van der Waals surface area contributed by atoms with Crippen LogP contribution in [0.15, 0.2) is 42.6 Å². The van der Waals surface area contributed by atoms with Crippen molar-refractivity contribution < 1.29 is 9.59 Å². The minimum Gasteiger partial charge on any atom is -0.348 e. The van der Waals surface area contributed by atoms with Gasteiger partial charge in [-0.15, -0.1) is 0 Å². The molecule has 1 aromatic carbocycles. The highest BCUT2D eigenvalue weighted by Crippen LogP contribution is 2.34. The van der Waals surface area contributed by atoms with Crippen LogP contribution in [0, 0.1) is 6.92 Å². The summed E-state index contributed by atoms with van der Waals surface area (Å²) < 4.78 is 2.22. The van der Waals surface area contributed by atoms with E-state index in [0.717, 1.165) is 23.4 Å². The van der Waals surface area contributed by atoms with Crippen LogP contribution in [0.4, 0.5) is 4.79 Å². The van der Waals surface area contributed by atoms with E-state index in [-0.39, 0.29) is 36.1 Å². The Morgan fingerprint density at radius 1 is 1.13 bits per heavy atom. The Labute approximate surface area is 179 Å². The number of nitrogens with one attached hydrogen (secondary N) is 1. The lowest BCUT2D eigenvalue weighted by Crippen LogP contribution is -2.54. The van der Waals surface area contributed by atoms with Crippen LogP contribution >= 0.6 is 0 Å². The summed E-state index contributed by atoms with van der Waals surface area (Å²) in [4.78, 5) is 29.9. The monoisotopic (exact) mass is 410 g/mol. The Morgan fingerprint density at radius 2 is 1.83 bits per heavy atom. The van der Waals surface area contributed by atoms with Crippen LogP contribution in [0.3, 0.4) is 0 Å². The van der Waals surface area contributed by atoms with Crippen molar-refractivity contribution >= 4 is 11.9 Å². The zero-order valence-electron chi connectivity index (χ0n) is 19.0. The number of carbonyl (C=O) groups excluding carboxylic acids is 2. The molecule has 0 saturated heterocycles. The van der Waals surface area contributed by atoms with E-state index in [1.165, 1.54) is 0 Å². The Morgan fingerprint density at radius 3 is 2.47 bits per heavy atom. The van der Waals surface area contributed by atoms with E-state index < -0.39 is 0 Å². The molecule has 1 aliphatic rings. The number of benzene rings is 1. The fourth-order valence-corrected chi connectivity index (χ4v) is 3.99. The largest absolute Gasteiger partial charge is 0.348 e. The molecule has 0 bridgehead atoms. The van der Waals surface area contributed by atoms with Crippen LogP contribution in [0.5, 0.6) is 0 Å². The van der Waals surface area contributed by atoms with Gasteiger partial charge in [-0.05, 0) is 64.8 Å². The van der Waals surface area contributed by atoms with Crippen molar-refractivity contribution in [1.82, 2.24) is 19.7 Å². The first-order valence-electron chi connectivity index (χ1n) is 10.7. The Kier molecular flexibility index (Phi) is 6.25. The predicted molar refractivity (Wildman–Crippen MR) is 119 cm³/mol. The third-order valence-electron chi connectivity index (χ3n) is 5.51. The van der Waals surface area contributed by atoms with Gasteiger partial charge in [-0.25, -0.2) is 4.79 Å². The van der Waals surface area contributed by atoms with Crippen molar-refractivity contribution in [3.63, 3.8) is 0 Å². The minimum atomic E-state index is -0.358. The van der Waals surface area contributed by atoms with E-state index in [1.807, 2.05) is 57.7 Å². The number of aromatic nitrogens is 1. The maximum absolute atomic E-state index is 13.5. The second-order valence-corrected chi connectivity index (χ2v) is 9.37. The molecule has 2 heterocycles. The normalized spacial score (nSPS) is 16.4. The number of carbonyl (C=O) groups is 2. The molecule has 0 spiro atoms. The number of urea groups is 1. The van der Waals surface area contributed by atoms with Gasteiger partial charge in [0.1, 0.15) is 6.54 Å². The van der Waals surface area contributed by atoms with Crippen LogP contribution in [0.2, 0.25) is 0 Å². The fraction of sp³-hybridized carbons (Fsp3) is 0.500. The van der Waals surface area contributed by atoms with Gasteiger partial charge >= 0.3 is 6.03 Å². The van der Waals surface area contributed by atoms with Gasteiger partial charge in [0.25, 0.3) is 0 Å². The topological polar surface area (TPSA) is 57.6 Å². The second kappa shape index (κ2) is 8.54. The third kappa shape index (κ3) is 4.69. The lowest BCUT2D eigenvalue weighted by Gasteiger charge is -2.39. The first kappa shape index (κ1) is 21.9. The summed E-state index contributed by atoms with van der Waals surface area (Å²) in [5.41, 5.74) is 3.03. The van der Waals surface area contributed by atoms with Gasteiger partial charge < -0.3 is 19.7 Å². The van der Waals surface area contributed by atoms with Crippen molar-refractivity contribution in [1.29, 1.82) is 0 Å².